The van der Waals surface area contributed by atoms with E-state index in [2.05, 4.69) is 20.5 Å². The van der Waals surface area contributed by atoms with Crippen molar-refractivity contribution in [2.45, 2.75) is 76.1 Å². The van der Waals surface area contributed by atoms with Crippen LogP contribution in [0.5, 0.6) is 0 Å². The van der Waals surface area contributed by atoms with Gasteiger partial charge in [-0.1, -0.05) is 6.07 Å². The number of carbonyl (C=O) groups is 5. The molecule has 3 N–H and O–H groups in total. The number of benzene rings is 1. The van der Waals surface area contributed by atoms with Crippen molar-refractivity contribution in [1.82, 2.24) is 29.5 Å². The molecular weight excluding hydrogens is 776 g/mol. The zero-order valence-electron chi connectivity index (χ0n) is 32.3. The number of nitrogens with one attached hydrogen (secondary N) is 2. The van der Waals surface area contributed by atoms with Crippen molar-refractivity contribution in [1.29, 1.82) is 0 Å². The fourth-order valence-electron chi connectivity index (χ4n) is 8.62. The van der Waals surface area contributed by atoms with Crippen molar-refractivity contribution in [2.75, 3.05) is 42.9 Å². The molecule has 0 bridgehead atoms. The molecule has 18 heteroatoms. The zero-order chi connectivity index (χ0) is 42.0. The summed E-state index contributed by atoms with van der Waals surface area (Å²) in [7, 11) is 0. The number of carbonyl (C=O) groups excluding carboxylic acids is 5. The van der Waals surface area contributed by atoms with E-state index < -0.39 is 64.6 Å². The smallest absolute Gasteiger partial charge is 0.386 e. The first kappa shape index (κ1) is 40.0. The number of hydrogen-bond acceptors (Lipinski definition) is 10. The van der Waals surface area contributed by atoms with E-state index in [4.69, 9.17) is 4.98 Å². The summed E-state index contributed by atoms with van der Waals surface area (Å²) in [5.74, 6) is -3.59. The van der Waals surface area contributed by atoms with Crippen LogP contribution >= 0.6 is 0 Å². The molecular formula is C41H42F4N8O6. The summed E-state index contributed by atoms with van der Waals surface area (Å²) < 4.78 is 56.9. The highest BCUT2D eigenvalue weighted by molar-refractivity contribution is 6.23. The molecule has 1 aromatic carbocycles. The molecule has 3 aromatic heterocycles. The number of fused-ring (bicyclic) bond motifs is 2. The molecule has 4 aromatic rings. The number of alkyl halides is 3. The van der Waals surface area contributed by atoms with Crippen LogP contribution in [0.2, 0.25) is 0 Å². The van der Waals surface area contributed by atoms with Gasteiger partial charge in [-0.15, -0.1) is 0 Å². The van der Waals surface area contributed by atoms with Gasteiger partial charge in [0, 0.05) is 49.9 Å². The maximum absolute atomic E-state index is 15.5. The third kappa shape index (κ3) is 7.90. The lowest BCUT2D eigenvalue weighted by Crippen LogP contribution is -2.54. The summed E-state index contributed by atoms with van der Waals surface area (Å²) in [4.78, 5) is 77.0. The van der Waals surface area contributed by atoms with E-state index in [1.165, 1.54) is 26.0 Å². The Morgan fingerprint density at radius 1 is 0.915 bits per heavy atom. The van der Waals surface area contributed by atoms with Crippen LogP contribution in [0.1, 0.15) is 106 Å². The van der Waals surface area contributed by atoms with Gasteiger partial charge in [-0.3, -0.25) is 34.2 Å². The Balaban J connectivity index is 0.874. The highest BCUT2D eigenvalue weighted by atomic mass is 19.4. The van der Waals surface area contributed by atoms with Crippen LogP contribution in [-0.4, -0.2) is 97.6 Å². The maximum atomic E-state index is 15.5. The van der Waals surface area contributed by atoms with Crippen LogP contribution in [-0.2, 0) is 21.4 Å². The first-order chi connectivity index (χ1) is 27.9. The molecule has 3 fully saturated rings. The summed E-state index contributed by atoms with van der Waals surface area (Å²) in [6, 6.07) is 6.08. The van der Waals surface area contributed by atoms with Gasteiger partial charge in [-0.25, -0.2) is 14.4 Å². The molecule has 310 valence electrons. The summed E-state index contributed by atoms with van der Waals surface area (Å²) >= 11 is 0. The number of nitrogens with zero attached hydrogens (tertiary/aromatic N) is 6. The zero-order valence-corrected chi connectivity index (χ0v) is 32.3. The van der Waals surface area contributed by atoms with Crippen LogP contribution in [0.25, 0.3) is 5.65 Å². The minimum absolute atomic E-state index is 0.00642. The highest BCUT2D eigenvalue weighted by Crippen LogP contribution is 2.36. The molecule has 1 atom stereocenters. The Hall–Kier alpha value is -5.75. The third-order valence-corrected chi connectivity index (χ3v) is 11.8. The largest absolute Gasteiger partial charge is 0.433 e. The van der Waals surface area contributed by atoms with Crippen molar-refractivity contribution >= 4 is 46.6 Å². The first-order valence-electron chi connectivity index (χ1n) is 19.6. The summed E-state index contributed by atoms with van der Waals surface area (Å²) in [5.41, 5.74) is -0.910. The normalized spacial score (nSPS) is 20.1. The van der Waals surface area contributed by atoms with E-state index in [0.717, 1.165) is 74.1 Å². The number of aliphatic hydroxyl groups is 1. The van der Waals surface area contributed by atoms with Gasteiger partial charge in [0.25, 0.3) is 17.7 Å². The number of imidazole rings is 1. The molecule has 0 radical (unpaired) electrons. The summed E-state index contributed by atoms with van der Waals surface area (Å²) in [5, 5.41) is 15.8. The van der Waals surface area contributed by atoms with E-state index in [9.17, 15) is 42.3 Å². The number of pyridine rings is 2. The molecule has 8 rings (SSSR count). The lowest BCUT2D eigenvalue weighted by molar-refractivity contribution is -0.141. The summed E-state index contributed by atoms with van der Waals surface area (Å²) in [6.45, 7) is 6.72. The molecule has 5 amide bonds. The van der Waals surface area contributed by atoms with E-state index in [1.807, 2.05) is 11.1 Å². The number of hydrogen-bond donors (Lipinski definition) is 3. The fourth-order valence-corrected chi connectivity index (χ4v) is 8.62. The second kappa shape index (κ2) is 15.1. The third-order valence-electron chi connectivity index (χ3n) is 11.8. The van der Waals surface area contributed by atoms with E-state index >= 15 is 4.39 Å². The van der Waals surface area contributed by atoms with Gasteiger partial charge in [0.1, 0.15) is 28.9 Å². The number of likely N-dealkylation sites (tertiary alicyclic amines) is 1. The number of amides is 5. The molecule has 59 heavy (non-hydrogen) atoms. The van der Waals surface area contributed by atoms with Crippen LogP contribution in [0.4, 0.5) is 28.9 Å². The number of halogens is 4. The van der Waals surface area contributed by atoms with Gasteiger partial charge in [0.15, 0.2) is 0 Å². The SMILES string of the molecule is CC(C)(O)c1cc2nc(C3CCN(CC4CCN(c5cc6c(cc5F)C(=O)N(C5CCC(=O)NC5=O)C6=O)CC4)CC3)cn2cc1NC(=O)c1cccc(C(F)(F)F)n1. The Morgan fingerprint density at radius 2 is 1.61 bits per heavy atom. The molecule has 0 aliphatic carbocycles. The van der Waals surface area contributed by atoms with Gasteiger partial charge in [-0.2, -0.15) is 13.2 Å². The molecule has 4 aliphatic heterocycles. The lowest BCUT2D eigenvalue weighted by atomic mass is 9.91. The number of anilines is 2. The maximum Gasteiger partial charge on any atom is 0.433 e. The highest BCUT2D eigenvalue weighted by Gasteiger charge is 2.45. The Labute approximate surface area is 335 Å². The standard InChI is InChI=1S/C41H42F4N8O6/c1-40(2,59)26-18-34-47-29(20-52(34)21-30(26)48-36(55)28-4-3-5-33(46-28)41(43,44)45)23-10-12-50(13-11-23)19-22-8-14-51(15-9-22)32-17-25-24(16-27(32)42)38(57)53(39(25)58)31-6-7-35(54)49-37(31)56/h3-5,16-18,20-23,31,59H,6-15,19H2,1-2H3,(H,48,55)(H,49,54,56). The van der Waals surface area contributed by atoms with Crippen molar-refractivity contribution in [3.8, 4) is 0 Å². The van der Waals surface area contributed by atoms with Gasteiger partial charge < -0.3 is 24.6 Å². The minimum Gasteiger partial charge on any atom is -0.386 e. The van der Waals surface area contributed by atoms with Gasteiger partial charge in [0.2, 0.25) is 11.8 Å². The summed E-state index contributed by atoms with van der Waals surface area (Å²) in [6.07, 6.45) is 2.03. The van der Waals surface area contributed by atoms with Gasteiger partial charge >= 0.3 is 6.18 Å². The first-order valence-corrected chi connectivity index (χ1v) is 19.6. The quantitative estimate of drug-likeness (QED) is 0.165. The number of rotatable bonds is 8. The van der Waals surface area contributed by atoms with Gasteiger partial charge in [-0.05, 0) is 95.3 Å². The lowest BCUT2D eigenvalue weighted by Gasteiger charge is -2.38. The molecule has 0 spiro atoms. The Kier molecular flexibility index (Phi) is 10.3. The monoisotopic (exact) mass is 818 g/mol. The molecule has 4 aliphatic rings. The van der Waals surface area contributed by atoms with Crippen molar-refractivity contribution in [3.05, 3.63) is 88.4 Å². The number of imide groups is 2. The van der Waals surface area contributed by atoms with Crippen molar-refractivity contribution in [3.63, 3.8) is 0 Å². The van der Waals surface area contributed by atoms with Crippen LogP contribution < -0.4 is 15.5 Å². The number of piperidine rings is 3. The van der Waals surface area contributed by atoms with Crippen molar-refractivity contribution < 1.29 is 46.6 Å². The second-order valence-electron chi connectivity index (χ2n) is 16.3. The van der Waals surface area contributed by atoms with Crippen LogP contribution in [0.3, 0.4) is 0 Å². The molecule has 0 saturated carbocycles. The van der Waals surface area contributed by atoms with Crippen LogP contribution in [0.15, 0.2) is 48.8 Å². The van der Waals surface area contributed by atoms with E-state index in [1.54, 1.807) is 16.7 Å². The predicted molar refractivity (Wildman–Crippen MR) is 204 cm³/mol. The molecule has 3 saturated heterocycles. The van der Waals surface area contributed by atoms with Gasteiger partial charge in [0.05, 0.1) is 33.8 Å². The Bertz CT molecular complexity index is 2380. The van der Waals surface area contributed by atoms with Crippen LogP contribution in [0, 0.1) is 11.7 Å². The number of aromatic nitrogens is 3. The fraction of sp³-hybridized carbons (Fsp3) is 0.439. The molecule has 14 nitrogen and oxygen atoms in total. The topological polar surface area (TPSA) is 170 Å². The predicted octanol–water partition coefficient (Wildman–Crippen LogP) is 4.86. The average Bonchev–Trinajstić information content (AvgIpc) is 3.71. The van der Waals surface area contributed by atoms with Crippen molar-refractivity contribution in [2.24, 2.45) is 5.92 Å². The van der Waals surface area contributed by atoms with E-state index in [-0.39, 0.29) is 41.3 Å². The minimum atomic E-state index is -4.72. The molecule has 1 unspecified atom stereocenters. The van der Waals surface area contributed by atoms with E-state index in [0.29, 0.717) is 30.2 Å². The molecule has 7 heterocycles. The Morgan fingerprint density at radius 3 is 2.27 bits per heavy atom. The second-order valence-corrected chi connectivity index (χ2v) is 16.3. The average molecular weight is 819 g/mol.